The first-order valence-electron chi connectivity index (χ1n) is 6.60. The summed E-state index contributed by atoms with van der Waals surface area (Å²) < 4.78 is 0. The Bertz CT molecular complexity index is 439. The molecule has 0 aromatic rings. The summed E-state index contributed by atoms with van der Waals surface area (Å²) in [7, 11) is 0. The molecule has 1 heterocycles. The lowest BCUT2D eigenvalue weighted by molar-refractivity contribution is -0.264. The van der Waals surface area contributed by atoms with E-state index in [0.29, 0.717) is 11.5 Å². The zero-order valence-electron chi connectivity index (χ0n) is 12.5. The monoisotopic (exact) mass is 301 g/mol. The molecule has 0 radical (unpaired) electrons. The predicted molar refractivity (Wildman–Crippen MR) is 68.0 cm³/mol. The molecule has 21 heavy (non-hydrogen) atoms. The van der Waals surface area contributed by atoms with Gasteiger partial charge in [-0.3, -0.25) is 14.4 Å². The average molecular weight is 301 g/mol. The number of hydrogen-bond donors (Lipinski definition) is 0. The lowest BCUT2D eigenvalue weighted by Crippen LogP contribution is -2.34. The fourth-order valence-corrected chi connectivity index (χ4v) is 2.04. The van der Waals surface area contributed by atoms with E-state index in [1.54, 1.807) is 13.8 Å². The number of carbonyl (C=O) groups is 4. The lowest BCUT2D eigenvalue weighted by atomic mass is 9.84. The van der Waals surface area contributed by atoms with Crippen molar-refractivity contribution >= 4 is 23.9 Å². The van der Waals surface area contributed by atoms with Gasteiger partial charge in [0.25, 0.3) is 11.8 Å². The van der Waals surface area contributed by atoms with Crippen molar-refractivity contribution in [1.29, 1.82) is 0 Å². The van der Waals surface area contributed by atoms with Gasteiger partial charge in [-0.25, -0.2) is 14.6 Å². The average Bonchev–Trinajstić information content (AvgIpc) is 2.66. The van der Waals surface area contributed by atoms with Crippen LogP contribution in [0.1, 0.15) is 47.0 Å². The summed E-state index contributed by atoms with van der Waals surface area (Å²) in [5.41, 5.74) is -0.840. The molecule has 2 amide bonds. The number of nitrogens with zero attached hydrogens (tertiary/aromatic N) is 1. The maximum Gasteiger partial charge on any atom is 0.576 e. The van der Waals surface area contributed by atoms with Crippen molar-refractivity contribution in [1.82, 2.24) is 5.06 Å². The topological polar surface area (TPSA) is 99.2 Å². The summed E-state index contributed by atoms with van der Waals surface area (Å²) in [6.07, 6.45) is -0.985. The smallest absolute Gasteiger partial charge is 0.292 e. The van der Waals surface area contributed by atoms with Gasteiger partial charge in [0, 0.05) is 12.8 Å². The number of rotatable bonds is 4. The summed E-state index contributed by atoms with van der Waals surface area (Å²) in [6.45, 7) is 7.18. The van der Waals surface area contributed by atoms with E-state index in [1.165, 1.54) is 0 Å². The molecule has 0 atom stereocenters. The molecule has 1 fully saturated rings. The second-order valence-corrected chi connectivity index (χ2v) is 5.86. The first-order chi connectivity index (χ1) is 9.63. The van der Waals surface area contributed by atoms with E-state index < -0.39 is 29.4 Å². The van der Waals surface area contributed by atoms with Gasteiger partial charge < -0.3 is 0 Å². The minimum Gasteiger partial charge on any atom is -0.292 e. The standard InChI is InChI=1S/C13H19NO7/c1-8(2)7-13(3,4)11(17)20-21-12(18)19-14-9(15)5-6-10(14)16/h8H,5-7H2,1-4H3. The highest BCUT2D eigenvalue weighted by atomic mass is 17.2. The quantitative estimate of drug-likeness (QED) is 0.443. The van der Waals surface area contributed by atoms with Crippen molar-refractivity contribution in [3.8, 4) is 0 Å². The van der Waals surface area contributed by atoms with Crippen molar-refractivity contribution in [2.45, 2.75) is 47.0 Å². The minimum atomic E-state index is -1.45. The minimum absolute atomic E-state index is 0.0344. The summed E-state index contributed by atoms with van der Waals surface area (Å²) >= 11 is 0. The van der Waals surface area contributed by atoms with Gasteiger partial charge in [-0.2, -0.15) is 4.79 Å². The maximum atomic E-state index is 11.8. The third kappa shape index (κ3) is 4.73. The molecule has 0 aromatic heterocycles. The molecule has 0 aromatic carbocycles. The Balaban J connectivity index is 2.44. The molecule has 8 heteroatoms. The first kappa shape index (κ1) is 16.9. The largest absolute Gasteiger partial charge is 0.576 e. The molecule has 0 bridgehead atoms. The number of amides is 2. The van der Waals surface area contributed by atoms with Crippen molar-refractivity contribution in [3.63, 3.8) is 0 Å². The molecule has 1 aliphatic rings. The normalized spacial score (nSPS) is 15.4. The van der Waals surface area contributed by atoms with Gasteiger partial charge in [0.05, 0.1) is 5.41 Å². The molecule has 118 valence electrons. The predicted octanol–water partition coefficient (Wildman–Crippen LogP) is 1.73. The van der Waals surface area contributed by atoms with Gasteiger partial charge in [-0.15, -0.1) is 0 Å². The van der Waals surface area contributed by atoms with E-state index in [1.807, 2.05) is 13.8 Å². The summed E-state index contributed by atoms with van der Waals surface area (Å²) in [5.74, 6) is -1.79. The van der Waals surface area contributed by atoms with Crippen LogP contribution in [-0.4, -0.2) is 29.0 Å². The second kappa shape index (κ2) is 6.55. The van der Waals surface area contributed by atoms with E-state index >= 15 is 0 Å². The Labute approximate surface area is 122 Å². The Morgan fingerprint density at radius 1 is 1.14 bits per heavy atom. The summed E-state index contributed by atoms with van der Waals surface area (Å²) in [6, 6.07) is 0. The number of imide groups is 1. The van der Waals surface area contributed by atoms with Gasteiger partial charge in [0.2, 0.25) is 0 Å². The number of hydrogen-bond acceptors (Lipinski definition) is 7. The molecular formula is C13H19NO7. The SMILES string of the molecule is CC(C)CC(C)(C)C(=O)OOC(=O)ON1C(=O)CCC1=O. The fourth-order valence-electron chi connectivity index (χ4n) is 2.04. The highest BCUT2D eigenvalue weighted by molar-refractivity contribution is 6.01. The van der Waals surface area contributed by atoms with Gasteiger partial charge in [-0.1, -0.05) is 18.9 Å². The van der Waals surface area contributed by atoms with Crippen LogP contribution in [0, 0.1) is 11.3 Å². The molecule has 0 spiro atoms. The summed E-state index contributed by atoms with van der Waals surface area (Å²) in [5, 5.41) is 0.301. The van der Waals surface area contributed by atoms with Crippen molar-refractivity contribution in [3.05, 3.63) is 0 Å². The highest BCUT2D eigenvalue weighted by Crippen LogP contribution is 2.27. The van der Waals surface area contributed by atoms with Crippen LogP contribution in [0.25, 0.3) is 0 Å². The molecule has 1 saturated heterocycles. The molecule has 1 rings (SSSR count). The summed E-state index contributed by atoms with van der Waals surface area (Å²) in [4.78, 5) is 58.4. The number of carbonyl (C=O) groups excluding carboxylic acids is 4. The Morgan fingerprint density at radius 3 is 2.14 bits per heavy atom. The molecular weight excluding hydrogens is 282 g/mol. The second-order valence-electron chi connectivity index (χ2n) is 5.86. The maximum absolute atomic E-state index is 11.8. The zero-order chi connectivity index (χ0) is 16.2. The van der Waals surface area contributed by atoms with E-state index in [9.17, 15) is 19.2 Å². The third-order valence-corrected chi connectivity index (χ3v) is 2.83. The molecule has 0 N–H and O–H groups in total. The van der Waals surface area contributed by atoms with Crippen LogP contribution in [0.2, 0.25) is 0 Å². The van der Waals surface area contributed by atoms with Gasteiger partial charge in [0.1, 0.15) is 0 Å². The van der Waals surface area contributed by atoms with Crippen LogP contribution in [0.4, 0.5) is 4.79 Å². The molecule has 0 aliphatic carbocycles. The number of hydroxylamine groups is 2. The Morgan fingerprint density at radius 2 is 1.67 bits per heavy atom. The zero-order valence-corrected chi connectivity index (χ0v) is 12.5. The van der Waals surface area contributed by atoms with Gasteiger partial charge >= 0.3 is 12.1 Å². The van der Waals surface area contributed by atoms with Crippen LogP contribution in [0.5, 0.6) is 0 Å². The Hall–Kier alpha value is -2.12. The van der Waals surface area contributed by atoms with Crippen LogP contribution >= 0.6 is 0 Å². The van der Waals surface area contributed by atoms with E-state index in [0.717, 1.165) is 0 Å². The van der Waals surface area contributed by atoms with E-state index in [2.05, 4.69) is 14.6 Å². The lowest BCUT2D eigenvalue weighted by Gasteiger charge is -2.22. The van der Waals surface area contributed by atoms with E-state index in [-0.39, 0.29) is 18.8 Å². The fraction of sp³-hybridized carbons (Fsp3) is 0.692. The van der Waals surface area contributed by atoms with Crippen molar-refractivity contribution < 1.29 is 33.8 Å². The molecule has 0 saturated carbocycles. The van der Waals surface area contributed by atoms with Crippen LogP contribution in [0.15, 0.2) is 0 Å². The van der Waals surface area contributed by atoms with Crippen LogP contribution in [-0.2, 0) is 29.0 Å². The van der Waals surface area contributed by atoms with Crippen molar-refractivity contribution in [2.75, 3.05) is 0 Å². The Kier molecular flexibility index (Phi) is 5.28. The highest BCUT2D eigenvalue weighted by Gasteiger charge is 2.35. The van der Waals surface area contributed by atoms with Crippen LogP contribution in [0.3, 0.4) is 0 Å². The van der Waals surface area contributed by atoms with Crippen LogP contribution < -0.4 is 0 Å². The first-order valence-corrected chi connectivity index (χ1v) is 6.60. The molecule has 1 aliphatic heterocycles. The molecule has 8 nitrogen and oxygen atoms in total. The third-order valence-electron chi connectivity index (χ3n) is 2.83. The van der Waals surface area contributed by atoms with Gasteiger partial charge in [0.15, 0.2) is 0 Å². The van der Waals surface area contributed by atoms with Gasteiger partial charge in [-0.05, 0) is 26.2 Å². The van der Waals surface area contributed by atoms with E-state index in [4.69, 9.17) is 0 Å². The van der Waals surface area contributed by atoms with Crippen molar-refractivity contribution in [2.24, 2.45) is 11.3 Å². The molecule has 0 unspecified atom stereocenters.